The molecule has 0 saturated carbocycles. The van der Waals surface area contributed by atoms with E-state index in [1.54, 1.807) is 0 Å². The largest absolute Gasteiger partial charge is 0.472 e. The van der Waals surface area contributed by atoms with Crippen molar-refractivity contribution in [3.05, 3.63) is 0 Å². The maximum atomic E-state index is 13.0. The molecule has 0 bridgehead atoms. The highest BCUT2D eigenvalue weighted by Gasteiger charge is 2.30. The van der Waals surface area contributed by atoms with Crippen molar-refractivity contribution in [3.63, 3.8) is 0 Å². The monoisotopic (exact) mass is 1230 g/mol. The number of carbonyl (C=O) groups excluding carboxylic acids is 4. The summed E-state index contributed by atoms with van der Waals surface area (Å²) in [6.07, 6.45) is 33.7. The predicted octanol–water partition coefficient (Wildman–Crippen LogP) is 17.4. The molecule has 0 fully saturated rings. The minimum Gasteiger partial charge on any atom is -0.462 e. The zero-order valence-corrected chi connectivity index (χ0v) is 55.6. The quantitative estimate of drug-likeness (QED) is 0.0222. The molecule has 0 radical (unpaired) electrons. The third-order valence-electron chi connectivity index (χ3n) is 15.3. The molecule has 0 heterocycles. The van der Waals surface area contributed by atoms with Gasteiger partial charge in [-0.15, -0.1) is 0 Å². The van der Waals surface area contributed by atoms with Gasteiger partial charge in [0.25, 0.3) is 0 Å². The van der Waals surface area contributed by atoms with E-state index in [0.29, 0.717) is 31.6 Å². The van der Waals surface area contributed by atoms with Gasteiger partial charge in [-0.1, -0.05) is 254 Å². The smallest absolute Gasteiger partial charge is 0.462 e. The molecule has 17 nitrogen and oxygen atoms in total. The lowest BCUT2D eigenvalue weighted by Crippen LogP contribution is -2.30. The van der Waals surface area contributed by atoms with Gasteiger partial charge in [-0.3, -0.25) is 37.3 Å². The Morgan fingerprint density at radius 2 is 0.578 bits per heavy atom. The maximum absolute atomic E-state index is 13.0. The fraction of sp³-hybridized carbons (Fsp3) is 0.938. The molecular formula is C64H124O17P2. The van der Waals surface area contributed by atoms with Gasteiger partial charge in [0.2, 0.25) is 0 Å². The molecule has 19 heteroatoms. The van der Waals surface area contributed by atoms with Gasteiger partial charge in [0.15, 0.2) is 12.2 Å². The van der Waals surface area contributed by atoms with Crippen molar-refractivity contribution in [1.82, 2.24) is 0 Å². The molecule has 0 amide bonds. The van der Waals surface area contributed by atoms with Crippen LogP contribution >= 0.6 is 15.6 Å². The lowest BCUT2D eigenvalue weighted by Gasteiger charge is -2.21. The summed E-state index contributed by atoms with van der Waals surface area (Å²) in [6.45, 7) is 13.9. The highest BCUT2D eigenvalue weighted by atomic mass is 31.2. The van der Waals surface area contributed by atoms with Crippen molar-refractivity contribution >= 4 is 39.5 Å². The van der Waals surface area contributed by atoms with Crippen LogP contribution in [0.2, 0.25) is 0 Å². The lowest BCUT2D eigenvalue weighted by molar-refractivity contribution is -0.161. The van der Waals surface area contributed by atoms with Crippen LogP contribution in [0.25, 0.3) is 0 Å². The van der Waals surface area contributed by atoms with Crippen molar-refractivity contribution in [3.8, 4) is 0 Å². The van der Waals surface area contributed by atoms with Crippen molar-refractivity contribution in [2.24, 2.45) is 23.7 Å². The van der Waals surface area contributed by atoms with E-state index in [1.165, 1.54) is 96.3 Å². The molecule has 0 rings (SSSR count). The number of hydrogen-bond acceptors (Lipinski definition) is 15. The van der Waals surface area contributed by atoms with Crippen molar-refractivity contribution in [2.45, 2.75) is 324 Å². The van der Waals surface area contributed by atoms with Gasteiger partial charge in [-0.25, -0.2) is 9.13 Å². The molecule has 83 heavy (non-hydrogen) atoms. The van der Waals surface area contributed by atoms with Gasteiger partial charge < -0.3 is 33.8 Å². The molecule has 0 aromatic heterocycles. The first-order valence-electron chi connectivity index (χ1n) is 33.3. The maximum Gasteiger partial charge on any atom is 0.472 e. The van der Waals surface area contributed by atoms with Crippen LogP contribution in [0.4, 0.5) is 0 Å². The number of aliphatic hydroxyl groups is 1. The average molecular weight is 1230 g/mol. The topological polar surface area (TPSA) is 237 Å². The normalized spacial score (nSPS) is 15.1. The molecule has 492 valence electrons. The van der Waals surface area contributed by atoms with Crippen LogP contribution in [0.1, 0.15) is 306 Å². The van der Waals surface area contributed by atoms with E-state index in [-0.39, 0.29) is 25.7 Å². The Morgan fingerprint density at radius 3 is 0.855 bits per heavy atom. The van der Waals surface area contributed by atoms with Crippen LogP contribution in [0.3, 0.4) is 0 Å². The molecule has 0 aromatic carbocycles. The molecule has 0 saturated heterocycles. The Balaban J connectivity index is 5.25. The van der Waals surface area contributed by atoms with E-state index in [1.807, 2.05) is 0 Å². The number of ether oxygens (including phenoxy) is 4. The molecule has 7 atom stereocenters. The number of phosphoric ester groups is 2. The number of esters is 4. The van der Waals surface area contributed by atoms with E-state index in [2.05, 4.69) is 55.4 Å². The number of rotatable bonds is 61. The molecule has 0 aliphatic rings. The molecule has 0 aliphatic carbocycles. The van der Waals surface area contributed by atoms with Crippen LogP contribution < -0.4 is 0 Å². The number of carbonyl (C=O) groups is 4. The van der Waals surface area contributed by atoms with Gasteiger partial charge in [0.05, 0.1) is 26.4 Å². The summed E-state index contributed by atoms with van der Waals surface area (Å²) < 4.78 is 68.0. The number of phosphoric acid groups is 2. The third-order valence-corrected chi connectivity index (χ3v) is 17.2. The summed E-state index contributed by atoms with van der Waals surface area (Å²) in [5, 5.41) is 10.5. The van der Waals surface area contributed by atoms with Crippen molar-refractivity contribution in [1.29, 1.82) is 0 Å². The van der Waals surface area contributed by atoms with E-state index in [9.17, 15) is 43.2 Å². The fourth-order valence-corrected chi connectivity index (χ4v) is 10.9. The Labute approximate surface area is 505 Å². The molecular weight excluding hydrogens is 1100 g/mol. The molecule has 0 aromatic rings. The Morgan fingerprint density at radius 1 is 0.337 bits per heavy atom. The van der Waals surface area contributed by atoms with E-state index in [0.717, 1.165) is 120 Å². The second-order valence-electron chi connectivity index (χ2n) is 24.6. The number of unbranched alkanes of at least 4 members (excludes halogenated alkanes) is 25. The zero-order valence-electron chi connectivity index (χ0n) is 53.8. The van der Waals surface area contributed by atoms with Crippen molar-refractivity contribution < 1.29 is 80.2 Å². The first-order valence-corrected chi connectivity index (χ1v) is 36.3. The molecule has 0 spiro atoms. The van der Waals surface area contributed by atoms with Gasteiger partial charge in [-0.2, -0.15) is 0 Å². The zero-order chi connectivity index (χ0) is 61.8. The third kappa shape index (κ3) is 56.3. The Kier molecular flexibility index (Phi) is 53.0. The SMILES string of the molecule is CCC(C)CCCCCCCCC(=O)OC[C@H](COP(=O)(O)OC[C@H](O)COP(=O)(O)OC[C@@H](COC(=O)CCCCCCCCC(C)CC)OC(=O)CCCCCCCCC(C)C)OC(=O)CCCCCCCCCCCCCC(C)C. The molecule has 3 N–H and O–H groups in total. The fourth-order valence-electron chi connectivity index (χ4n) is 9.36. The molecule has 0 aliphatic heterocycles. The van der Waals surface area contributed by atoms with E-state index >= 15 is 0 Å². The first-order chi connectivity index (χ1) is 39.7. The minimum atomic E-state index is -4.95. The highest BCUT2D eigenvalue weighted by Crippen LogP contribution is 2.45. The van der Waals surface area contributed by atoms with Crippen LogP contribution in [0.5, 0.6) is 0 Å². The first kappa shape index (κ1) is 81.1. The molecule has 4 unspecified atom stereocenters. The number of aliphatic hydroxyl groups excluding tert-OH is 1. The number of hydrogen-bond donors (Lipinski definition) is 3. The highest BCUT2D eigenvalue weighted by molar-refractivity contribution is 7.47. The van der Waals surface area contributed by atoms with Crippen LogP contribution in [0.15, 0.2) is 0 Å². The summed E-state index contributed by atoms with van der Waals surface area (Å²) in [5.41, 5.74) is 0. The lowest BCUT2D eigenvalue weighted by atomic mass is 10.00. The van der Waals surface area contributed by atoms with E-state index in [4.69, 9.17) is 37.0 Å². The average Bonchev–Trinajstić information content (AvgIpc) is 3.45. The summed E-state index contributed by atoms with van der Waals surface area (Å²) in [6, 6.07) is 0. The summed E-state index contributed by atoms with van der Waals surface area (Å²) >= 11 is 0. The standard InChI is InChI=1S/C64H124O17P2/c1-9-56(7)42-34-26-19-22-28-36-44-61(66)74-50-59(80-63(68)46-38-30-17-15-13-11-12-14-16-24-32-40-54(3)4)52-78-82(70,71)76-48-58(65)49-77-83(72,73)79-53-60(81-64(69)47-39-31-21-18-25-33-41-55(5)6)51-75-62(67)45-37-29-23-20-27-35-43-57(8)10-2/h54-60,65H,9-53H2,1-8H3,(H,70,71)(H,72,73)/t56?,57?,58-,59+,60+/m0/s1. The van der Waals surface area contributed by atoms with Crippen LogP contribution in [0, 0.1) is 23.7 Å². The Hall–Kier alpha value is -1.94. The second-order valence-corrected chi connectivity index (χ2v) is 27.5. The summed E-state index contributed by atoms with van der Waals surface area (Å²) in [4.78, 5) is 72.2. The minimum absolute atomic E-state index is 0.100. The van der Waals surface area contributed by atoms with Crippen LogP contribution in [-0.2, 0) is 65.4 Å². The predicted molar refractivity (Wildman–Crippen MR) is 331 cm³/mol. The second kappa shape index (κ2) is 54.2. The summed E-state index contributed by atoms with van der Waals surface area (Å²) in [7, 11) is -9.89. The van der Waals surface area contributed by atoms with Gasteiger partial charge in [0.1, 0.15) is 19.3 Å². The Bertz CT molecular complexity index is 1670. The summed E-state index contributed by atoms with van der Waals surface area (Å²) in [5.74, 6) is 0.752. The van der Waals surface area contributed by atoms with E-state index < -0.39 is 97.5 Å². The van der Waals surface area contributed by atoms with Gasteiger partial charge in [-0.05, 0) is 49.4 Å². The van der Waals surface area contributed by atoms with Crippen LogP contribution in [-0.4, -0.2) is 96.7 Å². The van der Waals surface area contributed by atoms with Gasteiger partial charge in [0, 0.05) is 25.7 Å². The van der Waals surface area contributed by atoms with Crippen molar-refractivity contribution in [2.75, 3.05) is 39.6 Å². The van der Waals surface area contributed by atoms with Gasteiger partial charge >= 0.3 is 39.5 Å².